The first-order valence-corrected chi connectivity index (χ1v) is 11.1. The maximum Gasteiger partial charge on any atom is 0.237 e. The number of thiazole rings is 1. The van der Waals surface area contributed by atoms with Crippen LogP contribution < -0.4 is 16.0 Å². The SMILES string of the molecule is CC(Cc1ncccc1F)Nc1ncc(-c2nc(CNC(=O)[C@H]3CCCN3)cs2)cn1. The summed E-state index contributed by atoms with van der Waals surface area (Å²) in [6, 6.07) is 2.80. The molecule has 1 aliphatic rings. The van der Waals surface area contributed by atoms with E-state index in [1.165, 1.54) is 17.4 Å². The molecule has 0 saturated carbocycles. The van der Waals surface area contributed by atoms with E-state index in [1.54, 1.807) is 24.7 Å². The summed E-state index contributed by atoms with van der Waals surface area (Å²) in [6.45, 7) is 3.21. The van der Waals surface area contributed by atoms with Crippen molar-refractivity contribution in [2.75, 3.05) is 11.9 Å². The standard InChI is InChI=1S/C21H24FN7OS/c1-13(8-18-16(22)4-2-6-24-18)28-21-26-9-14(10-27-21)20-29-15(12-31-20)11-25-19(30)17-5-3-7-23-17/h2,4,6,9-10,12-13,17,23H,3,5,7-8,11H2,1H3,(H,25,30)(H,26,27,28)/t13?,17-/m1/s1. The highest BCUT2D eigenvalue weighted by Gasteiger charge is 2.21. The Morgan fingerprint density at radius 3 is 2.94 bits per heavy atom. The molecule has 4 rings (SSSR count). The number of aromatic nitrogens is 4. The quantitative estimate of drug-likeness (QED) is 0.493. The molecule has 0 radical (unpaired) electrons. The minimum absolute atomic E-state index is 0.0190. The molecule has 1 fully saturated rings. The molecule has 0 aromatic carbocycles. The van der Waals surface area contributed by atoms with Gasteiger partial charge in [0.15, 0.2) is 0 Å². The van der Waals surface area contributed by atoms with Crippen molar-refractivity contribution in [2.24, 2.45) is 0 Å². The lowest BCUT2D eigenvalue weighted by molar-refractivity contribution is -0.122. The first-order chi connectivity index (χ1) is 15.1. The highest BCUT2D eigenvalue weighted by atomic mass is 32.1. The van der Waals surface area contributed by atoms with Crippen molar-refractivity contribution >= 4 is 23.2 Å². The van der Waals surface area contributed by atoms with Gasteiger partial charge in [-0.1, -0.05) is 0 Å². The Kier molecular flexibility index (Phi) is 6.78. The molecule has 0 aliphatic carbocycles. The number of halogens is 1. The van der Waals surface area contributed by atoms with E-state index in [2.05, 4.69) is 35.9 Å². The minimum atomic E-state index is -0.317. The molecule has 0 bridgehead atoms. The van der Waals surface area contributed by atoms with Crippen molar-refractivity contribution in [3.63, 3.8) is 0 Å². The van der Waals surface area contributed by atoms with Crippen molar-refractivity contribution in [3.05, 3.63) is 53.3 Å². The summed E-state index contributed by atoms with van der Waals surface area (Å²) in [7, 11) is 0. The van der Waals surface area contributed by atoms with E-state index >= 15 is 0 Å². The molecule has 1 unspecified atom stereocenters. The number of nitrogens with one attached hydrogen (secondary N) is 3. The number of amides is 1. The van der Waals surface area contributed by atoms with Gasteiger partial charge in [0.25, 0.3) is 0 Å². The molecule has 2 atom stereocenters. The van der Waals surface area contributed by atoms with Gasteiger partial charge >= 0.3 is 0 Å². The Balaban J connectivity index is 1.31. The normalized spacial score (nSPS) is 16.8. The van der Waals surface area contributed by atoms with E-state index in [0.717, 1.165) is 35.7 Å². The molecule has 0 spiro atoms. The van der Waals surface area contributed by atoms with Gasteiger partial charge in [0.2, 0.25) is 11.9 Å². The van der Waals surface area contributed by atoms with Crippen LogP contribution in [0.4, 0.5) is 10.3 Å². The number of anilines is 1. The lowest BCUT2D eigenvalue weighted by atomic mass is 10.1. The summed E-state index contributed by atoms with van der Waals surface area (Å²) >= 11 is 1.48. The van der Waals surface area contributed by atoms with Crippen LogP contribution in [0, 0.1) is 5.82 Å². The lowest BCUT2D eigenvalue weighted by Crippen LogP contribution is -2.40. The maximum absolute atomic E-state index is 13.8. The molecule has 10 heteroatoms. The van der Waals surface area contributed by atoms with Gasteiger partial charge in [-0.2, -0.15) is 0 Å². The van der Waals surface area contributed by atoms with Gasteiger partial charge in [-0.25, -0.2) is 19.3 Å². The van der Waals surface area contributed by atoms with Crippen molar-refractivity contribution in [3.8, 4) is 10.6 Å². The van der Waals surface area contributed by atoms with Crippen LogP contribution in [0.25, 0.3) is 10.6 Å². The summed E-state index contributed by atoms with van der Waals surface area (Å²) in [5, 5.41) is 12.0. The number of carbonyl (C=O) groups excluding carboxylic acids is 1. The molecular weight excluding hydrogens is 417 g/mol. The zero-order chi connectivity index (χ0) is 21.6. The van der Waals surface area contributed by atoms with Crippen molar-refractivity contribution < 1.29 is 9.18 Å². The van der Waals surface area contributed by atoms with Crippen molar-refractivity contribution in [1.29, 1.82) is 0 Å². The Hall–Kier alpha value is -2.98. The third kappa shape index (κ3) is 5.59. The molecule has 3 aromatic rings. The van der Waals surface area contributed by atoms with Crippen LogP contribution in [0.15, 0.2) is 36.1 Å². The first kappa shape index (κ1) is 21.3. The molecule has 3 aromatic heterocycles. The summed E-state index contributed by atoms with van der Waals surface area (Å²) in [6.07, 6.45) is 7.31. The Bertz CT molecular complexity index is 1020. The van der Waals surface area contributed by atoms with Gasteiger partial charge in [-0.3, -0.25) is 9.78 Å². The number of nitrogens with zero attached hydrogens (tertiary/aromatic N) is 4. The minimum Gasteiger partial charge on any atom is -0.351 e. The fourth-order valence-corrected chi connectivity index (χ4v) is 4.17. The fraction of sp³-hybridized carbons (Fsp3) is 0.381. The van der Waals surface area contributed by atoms with Crippen LogP contribution in [-0.2, 0) is 17.8 Å². The second-order valence-corrected chi connectivity index (χ2v) is 8.35. The Labute approximate surface area is 183 Å². The smallest absolute Gasteiger partial charge is 0.237 e. The number of rotatable bonds is 8. The molecule has 31 heavy (non-hydrogen) atoms. The summed E-state index contributed by atoms with van der Waals surface area (Å²) in [5.74, 6) is 0.161. The third-order valence-corrected chi connectivity index (χ3v) is 5.92. The lowest BCUT2D eigenvalue weighted by Gasteiger charge is -2.13. The average Bonchev–Trinajstić information content (AvgIpc) is 3.47. The first-order valence-electron chi connectivity index (χ1n) is 10.2. The summed E-state index contributed by atoms with van der Waals surface area (Å²) < 4.78 is 13.8. The van der Waals surface area contributed by atoms with Gasteiger partial charge in [0, 0.05) is 42.0 Å². The predicted octanol–water partition coefficient (Wildman–Crippen LogP) is 2.55. The van der Waals surface area contributed by atoms with Crippen molar-refractivity contribution in [1.82, 2.24) is 30.6 Å². The van der Waals surface area contributed by atoms with Crippen LogP contribution in [0.1, 0.15) is 31.2 Å². The largest absolute Gasteiger partial charge is 0.351 e. The number of carbonyl (C=O) groups is 1. The zero-order valence-corrected chi connectivity index (χ0v) is 18.0. The maximum atomic E-state index is 13.8. The van der Waals surface area contributed by atoms with E-state index in [9.17, 15) is 9.18 Å². The highest BCUT2D eigenvalue weighted by molar-refractivity contribution is 7.13. The number of hydrogen-bond acceptors (Lipinski definition) is 8. The van der Waals surface area contributed by atoms with Gasteiger partial charge in [0.1, 0.15) is 10.8 Å². The molecule has 1 saturated heterocycles. The molecule has 162 valence electrons. The molecule has 1 amide bonds. The number of pyridine rings is 1. The molecule has 4 heterocycles. The third-order valence-electron chi connectivity index (χ3n) is 4.98. The van der Waals surface area contributed by atoms with E-state index in [-0.39, 0.29) is 23.8 Å². The molecule has 8 nitrogen and oxygen atoms in total. The zero-order valence-electron chi connectivity index (χ0n) is 17.1. The average molecular weight is 442 g/mol. The van der Waals surface area contributed by atoms with Gasteiger partial charge in [-0.15, -0.1) is 11.3 Å². The summed E-state index contributed by atoms with van der Waals surface area (Å²) in [4.78, 5) is 29.4. The topological polar surface area (TPSA) is 105 Å². The van der Waals surface area contributed by atoms with Gasteiger partial charge in [-0.05, 0) is 38.4 Å². The second kappa shape index (κ2) is 9.88. The highest BCUT2D eigenvalue weighted by Crippen LogP contribution is 2.23. The van der Waals surface area contributed by atoms with E-state index in [4.69, 9.17) is 0 Å². The van der Waals surface area contributed by atoms with Crippen LogP contribution in [-0.4, -0.2) is 44.5 Å². The summed E-state index contributed by atoms with van der Waals surface area (Å²) in [5.41, 5.74) is 2.01. The van der Waals surface area contributed by atoms with Gasteiger partial charge < -0.3 is 16.0 Å². The monoisotopic (exact) mass is 441 g/mol. The van der Waals surface area contributed by atoms with E-state index in [1.807, 2.05) is 12.3 Å². The molecular formula is C21H24FN7OS. The van der Waals surface area contributed by atoms with E-state index < -0.39 is 0 Å². The molecule has 3 N–H and O–H groups in total. The Morgan fingerprint density at radius 2 is 2.19 bits per heavy atom. The van der Waals surface area contributed by atoms with Crippen LogP contribution >= 0.6 is 11.3 Å². The van der Waals surface area contributed by atoms with Gasteiger partial charge in [0.05, 0.1) is 24.0 Å². The fourth-order valence-electron chi connectivity index (χ4n) is 3.37. The van der Waals surface area contributed by atoms with Crippen LogP contribution in [0.3, 0.4) is 0 Å². The number of hydrogen-bond donors (Lipinski definition) is 3. The van der Waals surface area contributed by atoms with Crippen LogP contribution in [0.5, 0.6) is 0 Å². The Morgan fingerprint density at radius 1 is 1.35 bits per heavy atom. The second-order valence-electron chi connectivity index (χ2n) is 7.49. The van der Waals surface area contributed by atoms with E-state index in [0.29, 0.717) is 24.6 Å². The molecule has 1 aliphatic heterocycles. The van der Waals surface area contributed by atoms with Crippen molar-refractivity contribution in [2.45, 2.75) is 44.8 Å². The van der Waals surface area contributed by atoms with Crippen LogP contribution in [0.2, 0.25) is 0 Å². The predicted molar refractivity (Wildman–Crippen MR) is 117 cm³/mol.